The molecule has 0 amide bonds. The van der Waals surface area contributed by atoms with Gasteiger partial charge >= 0.3 is 0 Å². The predicted molar refractivity (Wildman–Crippen MR) is 62.1 cm³/mol. The zero-order valence-corrected chi connectivity index (χ0v) is 9.68. The largest absolute Gasteiger partial charge is 0.476 e. The van der Waals surface area contributed by atoms with Crippen molar-refractivity contribution in [3.05, 3.63) is 27.9 Å². The molecule has 0 spiro atoms. The highest BCUT2D eigenvalue weighted by atomic mass is 16.6. The molecule has 1 fully saturated rings. The summed E-state index contributed by atoms with van der Waals surface area (Å²) in [6, 6.07) is 1.97. The van der Waals surface area contributed by atoms with E-state index in [0.29, 0.717) is 24.1 Å². The zero-order valence-electron chi connectivity index (χ0n) is 9.68. The van der Waals surface area contributed by atoms with Gasteiger partial charge in [-0.3, -0.25) is 10.1 Å². The van der Waals surface area contributed by atoms with E-state index >= 15 is 0 Å². The summed E-state index contributed by atoms with van der Waals surface area (Å²) in [6.45, 7) is 3.27. The molecular weight excluding hydrogens is 222 g/mol. The van der Waals surface area contributed by atoms with Crippen LogP contribution in [0, 0.1) is 17.0 Å². The first-order chi connectivity index (χ1) is 8.16. The molecule has 1 saturated heterocycles. The molecule has 92 valence electrons. The Bertz CT molecular complexity index is 416. The first-order valence-electron chi connectivity index (χ1n) is 5.64. The van der Waals surface area contributed by atoms with E-state index in [9.17, 15) is 10.1 Å². The van der Waals surface area contributed by atoms with Gasteiger partial charge in [0.1, 0.15) is 12.8 Å². The second-order valence-corrected chi connectivity index (χ2v) is 4.17. The van der Waals surface area contributed by atoms with Crippen LogP contribution < -0.4 is 10.1 Å². The third-order valence-electron chi connectivity index (χ3n) is 2.85. The summed E-state index contributed by atoms with van der Waals surface area (Å²) < 4.78 is 5.51. The van der Waals surface area contributed by atoms with Crippen LogP contribution in [0.4, 0.5) is 5.69 Å². The van der Waals surface area contributed by atoms with Gasteiger partial charge in [0.05, 0.1) is 4.92 Å². The van der Waals surface area contributed by atoms with E-state index in [0.717, 1.165) is 13.0 Å². The first kappa shape index (κ1) is 11.8. The van der Waals surface area contributed by atoms with Gasteiger partial charge in [0.15, 0.2) is 0 Å². The molecule has 1 N–H and O–H groups in total. The molecule has 0 radical (unpaired) electrons. The maximum atomic E-state index is 10.6. The zero-order chi connectivity index (χ0) is 12.3. The van der Waals surface area contributed by atoms with Crippen molar-refractivity contribution in [1.82, 2.24) is 10.3 Å². The van der Waals surface area contributed by atoms with Crippen LogP contribution in [0.3, 0.4) is 0 Å². The smallest absolute Gasteiger partial charge is 0.290 e. The molecule has 1 aromatic rings. The number of hydrogen-bond donors (Lipinski definition) is 1. The number of rotatable bonds is 4. The van der Waals surface area contributed by atoms with E-state index in [-0.39, 0.29) is 5.69 Å². The fraction of sp³-hybridized carbons (Fsp3) is 0.545. The Morgan fingerprint density at radius 1 is 1.71 bits per heavy atom. The van der Waals surface area contributed by atoms with E-state index in [1.165, 1.54) is 12.6 Å². The van der Waals surface area contributed by atoms with Crippen LogP contribution in [0.2, 0.25) is 0 Å². The molecule has 0 saturated carbocycles. The predicted octanol–water partition coefficient (Wildman–Crippen LogP) is 1.43. The molecule has 1 aromatic heterocycles. The third-order valence-corrected chi connectivity index (χ3v) is 2.85. The Morgan fingerprint density at radius 2 is 2.53 bits per heavy atom. The lowest BCUT2D eigenvalue weighted by Gasteiger charge is -2.11. The summed E-state index contributed by atoms with van der Waals surface area (Å²) in [6.07, 6.45) is 3.51. The van der Waals surface area contributed by atoms with Gasteiger partial charge in [-0.25, -0.2) is 4.98 Å². The minimum absolute atomic E-state index is 0.0244. The van der Waals surface area contributed by atoms with Crippen molar-refractivity contribution in [2.75, 3.05) is 13.2 Å². The number of nitro groups is 1. The Labute approximate surface area is 99.2 Å². The molecule has 6 heteroatoms. The number of nitrogens with zero attached hydrogens (tertiary/aromatic N) is 2. The Kier molecular flexibility index (Phi) is 3.53. The number of ether oxygens (including phenoxy) is 1. The minimum Gasteiger partial charge on any atom is -0.476 e. The van der Waals surface area contributed by atoms with E-state index in [2.05, 4.69) is 10.3 Å². The van der Waals surface area contributed by atoms with Crippen molar-refractivity contribution in [3.8, 4) is 5.88 Å². The molecule has 1 unspecified atom stereocenters. The van der Waals surface area contributed by atoms with Gasteiger partial charge in [0, 0.05) is 17.7 Å². The lowest BCUT2D eigenvalue weighted by Crippen LogP contribution is -2.28. The van der Waals surface area contributed by atoms with Crippen LogP contribution in [0.15, 0.2) is 12.3 Å². The number of aryl methyl sites for hydroxylation is 1. The fourth-order valence-corrected chi connectivity index (χ4v) is 1.88. The number of hydrogen-bond acceptors (Lipinski definition) is 5. The molecule has 17 heavy (non-hydrogen) atoms. The second-order valence-electron chi connectivity index (χ2n) is 4.17. The van der Waals surface area contributed by atoms with E-state index < -0.39 is 4.92 Å². The van der Waals surface area contributed by atoms with Gasteiger partial charge in [-0.2, -0.15) is 0 Å². The van der Waals surface area contributed by atoms with E-state index in [1.54, 1.807) is 13.0 Å². The topological polar surface area (TPSA) is 77.3 Å². The lowest BCUT2D eigenvalue weighted by molar-refractivity contribution is -0.385. The normalized spacial score (nSPS) is 19.2. The minimum atomic E-state index is -0.440. The van der Waals surface area contributed by atoms with Gasteiger partial charge < -0.3 is 10.1 Å². The maximum Gasteiger partial charge on any atom is 0.290 e. The third kappa shape index (κ3) is 2.91. The summed E-state index contributed by atoms with van der Waals surface area (Å²) in [4.78, 5) is 14.1. The summed E-state index contributed by atoms with van der Waals surface area (Å²) in [5, 5.41) is 13.9. The second kappa shape index (κ2) is 5.09. The van der Waals surface area contributed by atoms with Gasteiger partial charge in [-0.05, 0) is 26.3 Å². The molecule has 2 heterocycles. The highest BCUT2D eigenvalue weighted by molar-refractivity contribution is 5.39. The van der Waals surface area contributed by atoms with Crippen molar-refractivity contribution in [2.24, 2.45) is 0 Å². The maximum absolute atomic E-state index is 10.6. The summed E-state index contributed by atoms with van der Waals surface area (Å²) in [5.41, 5.74) is 0.593. The van der Waals surface area contributed by atoms with Gasteiger partial charge in [0.2, 0.25) is 5.88 Å². The monoisotopic (exact) mass is 237 g/mol. The van der Waals surface area contributed by atoms with Crippen molar-refractivity contribution in [3.63, 3.8) is 0 Å². The van der Waals surface area contributed by atoms with Crippen LogP contribution in [0.5, 0.6) is 5.88 Å². The number of aromatic nitrogens is 1. The average molecular weight is 237 g/mol. The molecule has 6 nitrogen and oxygen atoms in total. The highest BCUT2D eigenvalue weighted by Crippen LogP contribution is 2.20. The van der Waals surface area contributed by atoms with Crippen molar-refractivity contribution >= 4 is 5.69 Å². The summed E-state index contributed by atoms with van der Waals surface area (Å²) >= 11 is 0. The van der Waals surface area contributed by atoms with Crippen LogP contribution in [0.25, 0.3) is 0 Å². The fourth-order valence-electron chi connectivity index (χ4n) is 1.88. The summed E-state index contributed by atoms with van der Waals surface area (Å²) in [5.74, 6) is 0.446. The van der Waals surface area contributed by atoms with Crippen molar-refractivity contribution in [2.45, 2.75) is 25.8 Å². The van der Waals surface area contributed by atoms with Gasteiger partial charge in [-0.15, -0.1) is 0 Å². The molecule has 1 aliphatic rings. The van der Waals surface area contributed by atoms with Crippen LogP contribution >= 0.6 is 0 Å². The lowest BCUT2D eigenvalue weighted by atomic mass is 10.2. The molecule has 1 aliphatic heterocycles. The van der Waals surface area contributed by atoms with Gasteiger partial charge in [0.25, 0.3) is 5.69 Å². The molecule has 1 atom stereocenters. The average Bonchev–Trinajstić information content (AvgIpc) is 2.78. The summed E-state index contributed by atoms with van der Waals surface area (Å²) in [7, 11) is 0. The first-order valence-corrected chi connectivity index (χ1v) is 5.64. The standard InChI is InChI=1S/C11H15N3O3/c1-8-5-11(13-6-10(8)14(15)16)17-7-9-3-2-4-12-9/h5-6,9,12H,2-4,7H2,1H3. The number of nitrogens with one attached hydrogen (secondary N) is 1. The Balaban J connectivity index is 1.97. The molecule has 0 aromatic carbocycles. The SMILES string of the molecule is Cc1cc(OCC2CCCN2)ncc1[N+](=O)[O-]. The molecule has 2 rings (SSSR count). The van der Waals surface area contributed by atoms with Crippen molar-refractivity contribution < 1.29 is 9.66 Å². The Morgan fingerprint density at radius 3 is 3.12 bits per heavy atom. The quantitative estimate of drug-likeness (QED) is 0.633. The molecule has 0 bridgehead atoms. The van der Waals surface area contributed by atoms with Crippen LogP contribution in [-0.4, -0.2) is 29.1 Å². The Hall–Kier alpha value is -1.69. The van der Waals surface area contributed by atoms with E-state index in [1.807, 2.05) is 0 Å². The molecular formula is C11H15N3O3. The number of pyridine rings is 1. The van der Waals surface area contributed by atoms with Gasteiger partial charge in [-0.1, -0.05) is 0 Å². The van der Waals surface area contributed by atoms with Crippen LogP contribution in [-0.2, 0) is 0 Å². The van der Waals surface area contributed by atoms with Crippen molar-refractivity contribution in [1.29, 1.82) is 0 Å². The van der Waals surface area contributed by atoms with Crippen LogP contribution in [0.1, 0.15) is 18.4 Å². The molecule has 0 aliphatic carbocycles. The highest BCUT2D eigenvalue weighted by Gasteiger charge is 2.16. The van der Waals surface area contributed by atoms with E-state index in [4.69, 9.17) is 4.74 Å².